The number of alkyl halides is 3. The molecule has 0 unspecified atom stereocenters. The average Bonchev–Trinajstić information content (AvgIpc) is 3.64. The summed E-state index contributed by atoms with van der Waals surface area (Å²) in [4.78, 5) is 26.8. The van der Waals surface area contributed by atoms with Crippen molar-refractivity contribution in [3.05, 3.63) is 95.1 Å². The zero-order valence-corrected chi connectivity index (χ0v) is 21.2. The van der Waals surface area contributed by atoms with Crippen LogP contribution in [0.2, 0.25) is 0 Å². The van der Waals surface area contributed by atoms with Gasteiger partial charge in [-0.05, 0) is 52.9 Å². The second-order valence-corrected chi connectivity index (χ2v) is 8.82. The third-order valence-electron chi connectivity index (χ3n) is 5.91. The first-order chi connectivity index (χ1) is 19.7. The van der Waals surface area contributed by atoms with Gasteiger partial charge >= 0.3 is 12.1 Å². The minimum Gasteiger partial charge on any atom is -0.475 e. The molecule has 0 saturated heterocycles. The van der Waals surface area contributed by atoms with Crippen molar-refractivity contribution < 1.29 is 23.1 Å². The number of nitrogens with zero attached hydrogens (tertiary/aromatic N) is 5. The van der Waals surface area contributed by atoms with E-state index in [2.05, 4.69) is 70.8 Å². The Bertz CT molecular complexity index is 1780. The molecule has 0 saturated carbocycles. The zero-order valence-electron chi connectivity index (χ0n) is 21.2. The largest absolute Gasteiger partial charge is 0.490 e. The highest BCUT2D eigenvalue weighted by Gasteiger charge is 2.38. The molecule has 3 aromatic heterocycles. The molecule has 0 atom stereocenters. The molecule has 0 bridgehead atoms. The number of carboxylic acids is 1. The van der Waals surface area contributed by atoms with Gasteiger partial charge in [0.05, 0.1) is 11.7 Å². The number of H-pyrrole nitrogens is 1. The van der Waals surface area contributed by atoms with Gasteiger partial charge < -0.3 is 15.7 Å². The van der Waals surface area contributed by atoms with E-state index in [0.29, 0.717) is 29.7 Å². The summed E-state index contributed by atoms with van der Waals surface area (Å²) in [7, 11) is 0. The minimum absolute atomic E-state index is 0.506. The van der Waals surface area contributed by atoms with Crippen LogP contribution in [0, 0.1) is 11.8 Å². The van der Waals surface area contributed by atoms with Crippen molar-refractivity contribution in [1.29, 1.82) is 0 Å². The van der Waals surface area contributed by atoms with Crippen LogP contribution in [0.25, 0.3) is 22.4 Å². The van der Waals surface area contributed by atoms with Crippen LogP contribution < -0.4 is 10.6 Å². The molecule has 0 amide bonds. The van der Waals surface area contributed by atoms with Gasteiger partial charge in [0, 0.05) is 43.0 Å². The molecule has 206 valence electrons. The Kier molecular flexibility index (Phi) is 7.84. The molecule has 1 aliphatic rings. The number of hydrogen-bond acceptors (Lipinski definition) is 8. The molecule has 2 aromatic carbocycles. The van der Waals surface area contributed by atoms with E-state index in [4.69, 9.17) is 9.90 Å². The Morgan fingerprint density at radius 2 is 1.78 bits per heavy atom. The molecule has 41 heavy (non-hydrogen) atoms. The molecule has 4 N–H and O–H groups in total. The second-order valence-electron chi connectivity index (χ2n) is 8.82. The molecule has 0 aliphatic carbocycles. The zero-order chi connectivity index (χ0) is 28.8. The number of nitrogens with one attached hydrogen (secondary N) is 3. The SMILES string of the molecule is C(#Cc1ccnc(-c2ccnc(NCc3ccc4c(c3)CNC4)n2)n1)c1ccc2[nH]ncc2c1.O=C(O)C(F)(F)F. The predicted molar refractivity (Wildman–Crippen MR) is 143 cm³/mol. The number of carbonyl (C=O) groups is 1. The summed E-state index contributed by atoms with van der Waals surface area (Å²) in [5, 5.41) is 21.8. The van der Waals surface area contributed by atoms with Gasteiger partial charge in [-0.25, -0.2) is 24.7 Å². The van der Waals surface area contributed by atoms with E-state index in [1.807, 2.05) is 18.2 Å². The number of aromatic amines is 1. The first kappa shape index (κ1) is 27.2. The van der Waals surface area contributed by atoms with Gasteiger partial charge in [-0.2, -0.15) is 18.3 Å². The second kappa shape index (κ2) is 11.8. The lowest BCUT2D eigenvalue weighted by molar-refractivity contribution is -0.192. The predicted octanol–water partition coefficient (Wildman–Crippen LogP) is 4.06. The first-order valence-corrected chi connectivity index (χ1v) is 12.2. The van der Waals surface area contributed by atoms with E-state index in [0.717, 1.165) is 29.6 Å². The van der Waals surface area contributed by atoms with Crippen LogP contribution in [-0.2, 0) is 24.4 Å². The smallest absolute Gasteiger partial charge is 0.475 e. The van der Waals surface area contributed by atoms with Crippen LogP contribution in [0.1, 0.15) is 27.9 Å². The summed E-state index contributed by atoms with van der Waals surface area (Å²) in [6, 6.07) is 16.0. The number of fused-ring (bicyclic) bond motifs is 2. The Labute approximate surface area is 231 Å². The summed E-state index contributed by atoms with van der Waals surface area (Å²) < 4.78 is 31.7. The molecule has 10 nitrogen and oxygen atoms in total. The highest BCUT2D eigenvalue weighted by atomic mass is 19.4. The maximum absolute atomic E-state index is 10.6. The number of halogens is 3. The maximum atomic E-state index is 10.6. The third kappa shape index (κ3) is 7.00. The molecular weight excluding hydrogens is 537 g/mol. The summed E-state index contributed by atoms with van der Waals surface area (Å²) in [5.41, 5.74) is 7.05. The Balaban J connectivity index is 0.000000431. The molecule has 5 aromatic rings. The van der Waals surface area contributed by atoms with Gasteiger partial charge in [-0.15, -0.1) is 0 Å². The van der Waals surface area contributed by atoms with Gasteiger partial charge in [0.1, 0.15) is 11.4 Å². The lowest BCUT2D eigenvalue weighted by Crippen LogP contribution is -2.21. The fourth-order valence-corrected chi connectivity index (χ4v) is 3.92. The van der Waals surface area contributed by atoms with Crippen molar-refractivity contribution in [2.75, 3.05) is 5.32 Å². The van der Waals surface area contributed by atoms with E-state index in [9.17, 15) is 13.2 Å². The van der Waals surface area contributed by atoms with Gasteiger partial charge in [-0.1, -0.05) is 24.1 Å². The lowest BCUT2D eigenvalue weighted by Gasteiger charge is -2.08. The van der Waals surface area contributed by atoms with Crippen molar-refractivity contribution in [2.24, 2.45) is 0 Å². The van der Waals surface area contributed by atoms with E-state index in [1.165, 1.54) is 16.7 Å². The fourth-order valence-electron chi connectivity index (χ4n) is 3.92. The monoisotopic (exact) mass is 558 g/mol. The van der Waals surface area contributed by atoms with Gasteiger partial charge in [0.15, 0.2) is 5.82 Å². The summed E-state index contributed by atoms with van der Waals surface area (Å²) in [5.74, 6) is 4.55. The van der Waals surface area contributed by atoms with Gasteiger partial charge in [0.25, 0.3) is 0 Å². The molecule has 0 spiro atoms. The van der Waals surface area contributed by atoms with Crippen LogP contribution in [0.15, 0.2) is 67.1 Å². The number of aliphatic carboxylic acids is 1. The quantitative estimate of drug-likeness (QED) is 0.240. The molecular formula is C28H21F3N8O2. The van der Waals surface area contributed by atoms with Crippen molar-refractivity contribution in [3.8, 4) is 23.4 Å². The fraction of sp³-hybridized carbons (Fsp3) is 0.143. The highest BCUT2D eigenvalue weighted by Crippen LogP contribution is 2.19. The highest BCUT2D eigenvalue weighted by molar-refractivity contribution is 5.79. The van der Waals surface area contributed by atoms with E-state index in [-0.39, 0.29) is 0 Å². The molecule has 0 radical (unpaired) electrons. The number of rotatable bonds is 4. The van der Waals surface area contributed by atoms with Crippen LogP contribution in [0.3, 0.4) is 0 Å². The molecule has 1 aliphatic heterocycles. The van der Waals surface area contributed by atoms with E-state index in [1.54, 1.807) is 30.7 Å². The average molecular weight is 559 g/mol. The van der Waals surface area contributed by atoms with Crippen LogP contribution in [0.5, 0.6) is 0 Å². The first-order valence-electron chi connectivity index (χ1n) is 12.2. The number of benzene rings is 2. The summed E-state index contributed by atoms with van der Waals surface area (Å²) >= 11 is 0. The minimum atomic E-state index is -5.08. The number of hydrogen-bond donors (Lipinski definition) is 4. The third-order valence-corrected chi connectivity index (χ3v) is 5.91. The lowest BCUT2D eigenvalue weighted by atomic mass is 10.1. The Morgan fingerprint density at radius 1 is 0.976 bits per heavy atom. The number of anilines is 1. The number of carboxylic acid groups (broad SMARTS) is 1. The van der Waals surface area contributed by atoms with Crippen molar-refractivity contribution in [2.45, 2.75) is 25.8 Å². The van der Waals surface area contributed by atoms with Gasteiger partial charge in [-0.3, -0.25) is 5.10 Å². The van der Waals surface area contributed by atoms with E-state index < -0.39 is 12.1 Å². The Morgan fingerprint density at radius 3 is 2.61 bits per heavy atom. The van der Waals surface area contributed by atoms with Crippen LogP contribution in [0.4, 0.5) is 19.1 Å². The standard InChI is InChI=1S/C26H20N8.C2HF3O2/c1-4-19-14-27-15-20(19)12-18(1)13-30-26-29-10-8-24(33-26)25-28-9-7-22(32-25)5-2-17-3-6-23-21(11-17)16-31-34-23;3-2(4,5)1(6)7/h1,3-4,6-12,16,27H,13-15H2,(H,31,34)(H,29,30,33);(H,6,7). The number of aromatic nitrogens is 6. The Hall–Kier alpha value is -5.35. The summed E-state index contributed by atoms with van der Waals surface area (Å²) in [6.45, 7) is 2.50. The van der Waals surface area contributed by atoms with Crippen molar-refractivity contribution in [1.82, 2.24) is 35.5 Å². The summed E-state index contributed by atoms with van der Waals surface area (Å²) in [6.07, 6.45) is 0.101. The molecule has 0 fully saturated rings. The molecule has 6 rings (SSSR count). The van der Waals surface area contributed by atoms with Crippen molar-refractivity contribution in [3.63, 3.8) is 0 Å². The van der Waals surface area contributed by atoms with Crippen LogP contribution >= 0.6 is 0 Å². The topological polar surface area (TPSA) is 142 Å². The van der Waals surface area contributed by atoms with Crippen LogP contribution in [-0.4, -0.2) is 47.4 Å². The van der Waals surface area contributed by atoms with Crippen molar-refractivity contribution >= 4 is 22.8 Å². The van der Waals surface area contributed by atoms with Gasteiger partial charge in [0.2, 0.25) is 5.95 Å². The molecule has 4 heterocycles. The van der Waals surface area contributed by atoms with E-state index >= 15 is 0 Å². The molecule has 13 heteroatoms. The normalized spacial score (nSPS) is 12.1. The maximum Gasteiger partial charge on any atom is 0.490 e.